The van der Waals surface area contributed by atoms with Gasteiger partial charge >= 0.3 is 0 Å². The molecule has 1 aromatic heterocycles. The van der Waals surface area contributed by atoms with Crippen LogP contribution in [0.15, 0.2) is 36.4 Å². The Labute approximate surface area is 97.8 Å². The molecule has 0 fully saturated rings. The van der Waals surface area contributed by atoms with Crippen LogP contribution in [0.3, 0.4) is 0 Å². The summed E-state index contributed by atoms with van der Waals surface area (Å²) in [5.41, 5.74) is 2.02. The maximum Gasteiger partial charge on any atom is 0.120 e. The molecule has 0 spiro atoms. The van der Waals surface area contributed by atoms with Gasteiger partial charge in [-0.1, -0.05) is 23.7 Å². The molecular formula is C13H10ClNO. The first-order valence-electron chi connectivity index (χ1n) is 5.03. The maximum atomic E-state index is 6.14. The number of methoxy groups -OCH3 is 1. The van der Waals surface area contributed by atoms with Gasteiger partial charge in [-0.25, -0.2) is 0 Å². The van der Waals surface area contributed by atoms with Crippen LogP contribution in [0, 0.1) is 0 Å². The van der Waals surface area contributed by atoms with Gasteiger partial charge in [0, 0.05) is 16.8 Å². The molecule has 2 aromatic carbocycles. The average Bonchev–Trinajstić information content (AvgIpc) is 2.68. The van der Waals surface area contributed by atoms with E-state index in [9.17, 15) is 0 Å². The monoisotopic (exact) mass is 231 g/mol. The van der Waals surface area contributed by atoms with Gasteiger partial charge in [0.15, 0.2) is 0 Å². The van der Waals surface area contributed by atoms with E-state index >= 15 is 0 Å². The summed E-state index contributed by atoms with van der Waals surface area (Å²) >= 11 is 6.14. The SMILES string of the molecule is COc1ccc2c(c1)[nH]c1c(Cl)cccc12. The molecule has 0 bridgehead atoms. The van der Waals surface area contributed by atoms with Gasteiger partial charge in [0.2, 0.25) is 0 Å². The predicted molar refractivity (Wildman–Crippen MR) is 67.4 cm³/mol. The summed E-state index contributed by atoms with van der Waals surface area (Å²) in [6.45, 7) is 0. The van der Waals surface area contributed by atoms with Crippen LogP contribution in [0.2, 0.25) is 5.02 Å². The highest BCUT2D eigenvalue weighted by Crippen LogP contribution is 2.31. The Morgan fingerprint density at radius 1 is 1.12 bits per heavy atom. The molecular weight excluding hydrogens is 222 g/mol. The fraction of sp³-hybridized carbons (Fsp3) is 0.0769. The zero-order chi connectivity index (χ0) is 11.1. The van der Waals surface area contributed by atoms with Gasteiger partial charge in [-0.05, 0) is 18.2 Å². The highest BCUT2D eigenvalue weighted by Gasteiger charge is 2.07. The van der Waals surface area contributed by atoms with Crippen LogP contribution in [0.25, 0.3) is 21.8 Å². The number of ether oxygens (including phenoxy) is 1. The Kier molecular flexibility index (Phi) is 2.04. The molecule has 0 amide bonds. The number of para-hydroxylation sites is 1. The van der Waals surface area contributed by atoms with Crippen molar-refractivity contribution in [3.05, 3.63) is 41.4 Å². The predicted octanol–water partition coefficient (Wildman–Crippen LogP) is 3.98. The van der Waals surface area contributed by atoms with E-state index in [0.717, 1.165) is 27.2 Å². The highest BCUT2D eigenvalue weighted by molar-refractivity contribution is 6.36. The van der Waals surface area contributed by atoms with Crippen molar-refractivity contribution in [3.63, 3.8) is 0 Å². The number of hydrogen-bond acceptors (Lipinski definition) is 1. The number of nitrogens with one attached hydrogen (secondary N) is 1. The fourth-order valence-electron chi connectivity index (χ4n) is 2.00. The lowest BCUT2D eigenvalue weighted by molar-refractivity contribution is 0.415. The molecule has 0 unspecified atom stereocenters. The van der Waals surface area contributed by atoms with Crippen LogP contribution in [0.4, 0.5) is 0 Å². The summed E-state index contributed by atoms with van der Waals surface area (Å²) in [5, 5.41) is 3.05. The number of rotatable bonds is 1. The van der Waals surface area contributed by atoms with E-state index in [1.54, 1.807) is 7.11 Å². The van der Waals surface area contributed by atoms with Gasteiger partial charge < -0.3 is 9.72 Å². The van der Waals surface area contributed by atoms with Gasteiger partial charge in [-0.3, -0.25) is 0 Å². The smallest absolute Gasteiger partial charge is 0.120 e. The second-order valence-electron chi connectivity index (χ2n) is 3.70. The Hall–Kier alpha value is -1.67. The van der Waals surface area contributed by atoms with Crippen molar-refractivity contribution in [1.82, 2.24) is 4.98 Å². The molecule has 0 saturated carbocycles. The van der Waals surface area contributed by atoms with Crippen molar-refractivity contribution in [2.24, 2.45) is 0 Å². The van der Waals surface area contributed by atoms with E-state index in [-0.39, 0.29) is 0 Å². The van der Waals surface area contributed by atoms with Crippen molar-refractivity contribution >= 4 is 33.4 Å². The molecule has 0 radical (unpaired) electrons. The van der Waals surface area contributed by atoms with Crippen molar-refractivity contribution in [1.29, 1.82) is 0 Å². The second-order valence-corrected chi connectivity index (χ2v) is 4.11. The van der Waals surface area contributed by atoms with Crippen molar-refractivity contribution < 1.29 is 4.74 Å². The third-order valence-corrected chi connectivity index (χ3v) is 3.11. The number of benzene rings is 2. The fourth-order valence-corrected chi connectivity index (χ4v) is 2.22. The Morgan fingerprint density at radius 2 is 2.00 bits per heavy atom. The molecule has 3 rings (SSSR count). The minimum absolute atomic E-state index is 0.743. The van der Waals surface area contributed by atoms with E-state index in [1.807, 2.05) is 30.3 Å². The first kappa shape index (κ1) is 9.55. The Balaban J connectivity index is 2.45. The van der Waals surface area contributed by atoms with E-state index in [2.05, 4.69) is 11.1 Å². The molecule has 0 saturated heterocycles. The quantitative estimate of drug-likeness (QED) is 0.673. The van der Waals surface area contributed by atoms with Gasteiger partial charge in [0.05, 0.1) is 23.2 Å². The van der Waals surface area contributed by atoms with Gasteiger partial charge in [-0.2, -0.15) is 0 Å². The van der Waals surface area contributed by atoms with Gasteiger partial charge in [0.1, 0.15) is 5.75 Å². The van der Waals surface area contributed by atoms with E-state index in [1.165, 1.54) is 5.39 Å². The number of fused-ring (bicyclic) bond motifs is 3. The number of H-pyrrole nitrogens is 1. The van der Waals surface area contributed by atoms with Crippen LogP contribution >= 0.6 is 11.6 Å². The Bertz CT molecular complexity index is 672. The third kappa shape index (κ3) is 1.27. The molecule has 80 valence electrons. The van der Waals surface area contributed by atoms with E-state index in [4.69, 9.17) is 16.3 Å². The standard InChI is InChI=1S/C13H10ClNO/c1-16-8-5-6-9-10-3-2-4-11(14)13(10)15-12(9)7-8/h2-7,15H,1H3. The first-order valence-corrected chi connectivity index (χ1v) is 5.41. The average molecular weight is 232 g/mol. The summed E-state index contributed by atoms with van der Waals surface area (Å²) in [6, 6.07) is 11.9. The number of aromatic amines is 1. The topological polar surface area (TPSA) is 25.0 Å². The lowest BCUT2D eigenvalue weighted by Gasteiger charge is -1.98. The Morgan fingerprint density at radius 3 is 2.81 bits per heavy atom. The number of aromatic nitrogens is 1. The minimum atomic E-state index is 0.743. The molecule has 3 aromatic rings. The minimum Gasteiger partial charge on any atom is -0.497 e. The van der Waals surface area contributed by atoms with Crippen molar-refractivity contribution in [2.75, 3.05) is 7.11 Å². The zero-order valence-electron chi connectivity index (χ0n) is 8.75. The molecule has 2 nitrogen and oxygen atoms in total. The molecule has 1 heterocycles. The largest absolute Gasteiger partial charge is 0.497 e. The lowest BCUT2D eigenvalue weighted by Crippen LogP contribution is -1.80. The zero-order valence-corrected chi connectivity index (χ0v) is 9.51. The van der Waals surface area contributed by atoms with Crippen molar-refractivity contribution in [3.8, 4) is 5.75 Å². The maximum absolute atomic E-state index is 6.14. The number of hydrogen-bond donors (Lipinski definition) is 1. The summed E-state index contributed by atoms with van der Waals surface area (Å²) in [6.07, 6.45) is 0. The molecule has 0 aliphatic heterocycles. The number of halogens is 1. The normalized spacial score (nSPS) is 11.1. The molecule has 0 aliphatic carbocycles. The van der Waals surface area contributed by atoms with Crippen LogP contribution < -0.4 is 4.74 Å². The summed E-state index contributed by atoms with van der Waals surface area (Å²) in [7, 11) is 1.66. The van der Waals surface area contributed by atoms with E-state index in [0.29, 0.717) is 0 Å². The van der Waals surface area contributed by atoms with Crippen LogP contribution in [0.5, 0.6) is 5.75 Å². The van der Waals surface area contributed by atoms with Crippen molar-refractivity contribution in [2.45, 2.75) is 0 Å². The third-order valence-electron chi connectivity index (χ3n) is 2.79. The molecule has 3 heteroatoms. The first-order chi connectivity index (χ1) is 7.79. The van der Waals surface area contributed by atoms with E-state index < -0.39 is 0 Å². The molecule has 0 atom stereocenters. The van der Waals surface area contributed by atoms with Gasteiger partial charge in [0.25, 0.3) is 0 Å². The molecule has 16 heavy (non-hydrogen) atoms. The highest BCUT2D eigenvalue weighted by atomic mass is 35.5. The van der Waals surface area contributed by atoms with Crippen LogP contribution in [-0.4, -0.2) is 12.1 Å². The lowest BCUT2D eigenvalue weighted by atomic mass is 10.1. The molecule has 0 aliphatic rings. The van der Waals surface area contributed by atoms with Gasteiger partial charge in [-0.15, -0.1) is 0 Å². The second kappa shape index (κ2) is 3.42. The van der Waals surface area contributed by atoms with Crippen LogP contribution in [-0.2, 0) is 0 Å². The summed E-state index contributed by atoms with van der Waals surface area (Å²) in [4.78, 5) is 3.31. The molecule has 1 N–H and O–H groups in total. The van der Waals surface area contributed by atoms with Crippen LogP contribution in [0.1, 0.15) is 0 Å². The summed E-state index contributed by atoms with van der Waals surface area (Å²) in [5.74, 6) is 0.843. The summed E-state index contributed by atoms with van der Waals surface area (Å²) < 4.78 is 5.20.